The van der Waals surface area contributed by atoms with E-state index in [0.29, 0.717) is 22.5 Å². The summed E-state index contributed by atoms with van der Waals surface area (Å²) in [5.74, 6) is -0.343. The van der Waals surface area contributed by atoms with Gasteiger partial charge in [-0.25, -0.2) is 0 Å². The number of pyridine rings is 1. The van der Waals surface area contributed by atoms with Gasteiger partial charge in [-0.3, -0.25) is 9.59 Å². The number of carbonyl (C=O) groups is 2. The van der Waals surface area contributed by atoms with Crippen molar-refractivity contribution >= 4 is 23.0 Å². The van der Waals surface area contributed by atoms with Crippen LogP contribution in [-0.4, -0.2) is 11.6 Å². The number of hydrogen-bond acceptors (Lipinski definition) is 3. The quantitative estimate of drug-likeness (QED) is 0.437. The van der Waals surface area contributed by atoms with Crippen LogP contribution >= 0.6 is 0 Å². The van der Waals surface area contributed by atoms with Gasteiger partial charge in [0.25, 0.3) is 11.5 Å². The number of rotatable bonds is 4. The summed E-state index contributed by atoms with van der Waals surface area (Å²) >= 11 is 0. The molecule has 4 rings (SSSR count). The van der Waals surface area contributed by atoms with Crippen molar-refractivity contribution in [3.63, 3.8) is 0 Å². The molecule has 0 aliphatic heterocycles. The molecule has 0 spiro atoms. The molecular weight excluding hydrogens is 475 g/mol. The minimum absolute atomic E-state index is 0. The average molecular weight is 496 g/mol. The Labute approximate surface area is 187 Å². The molecule has 3 aromatic rings. The second kappa shape index (κ2) is 8.69. The van der Waals surface area contributed by atoms with Crippen molar-refractivity contribution in [3.05, 3.63) is 101 Å². The summed E-state index contributed by atoms with van der Waals surface area (Å²) in [5.41, 5.74) is 4.52. The van der Waals surface area contributed by atoms with Gasteiger partial charge in [-0.2, -0.15) is 4.57 Å². The van der Waals surface area contributed by atoms with E-state index < -0.39 is 0 Å². The number of aryl methyl sites for hydroxylation is 2. The SMILES string of the molecule is CCc1ccccc1NC1=C([n+]2ccc(C)cc2)C(=O)c2ccccc2C1=O.[I-]. The second-order valence-electron chi connectivity index (χ2n) is 6.85. The Hall–Kier alpha value is -2.80. The molecule has 0 atom stereocenters. The molecule has 0 bridgehead atoms. The number of anilines is 1. The Bertz CT molecular complexity index is 1120. The van der Waals surface area contributed by atoms with E-state index in [1.165, 1.54) is 0 Å². The molecule has 0 unspecified atom stereocenters. The Kier molecular flexibility index (Phi) is 6.27. The summed E-state index contributed by atoms with van der Waals surface area (Å²) in [4.78, 5) is 26.7. The first kappa shape index (κ1) is 20.9. The van der Waals surface area contributed by atoms with Crippen LogP contribution in [0.2, 0.25) is 0 Å². The van der Waals surface area contributed by atoms with Crippen LogP contribution in [0.5, 0.6) is 0 Å². The molecular formula is C24H21IN2O2. The minimum Gasteiger partial charge on any atom is -1.00 e. The third-order valence-electron chi connectivity index (χ3n) is 5.01. The molecule has 0 amide bonds. The molecule has 29 heavy (non-hydrogen) atoms. The normalized spacial score (nSPS) is 13.0. The number of benzene rings is 2. The molecule has 1 aromatic heterocycles. The number of aromatic nitrogens is 1. The zero-order valence-corrected chi connectivity index (χ0v) is 18.4. The predicted octanol–water partition coefficient (Wildman–Crippen LogP) is 1.21. The topological polar surface area (TPSA) is 50.1 Å². The fourth-order valence-electron chi connectivity index (χ4n) is 3.46. The lowest BCUT2D eigenvalue weighted by Crippen LogP contribution is -3.00. The lowest BCUT2D eigenvalue weighted by atomic mass is 9.89. The maximum absolute atomic E-state index is 13.3. The van der Waals surface area contributed by atoms with Gasteiger partial charge in [-0.05, 0) is 30.5 Å². The average Bonchev–Trinajstić information content (AvgIpc) is 2.73. The zero-order valence-electron chi connectivity index (χ0n) is 16.3. The van der Waals surface area contributed by atoms with Crippen molar-refractivity contribution < 1.29 is 38.1 Å². The number of Topliss-reactive ketones (excluding diaryl/α,β-unsaturated/α-hetero) is 2. The van der Waals surface area contributed by atoms with Gasteiger partial charge in [-0.15, -0.1) is 0 Å². The molecule has 1 aliphatic carbocycles. The first-order valence-electron chi connectivity index (χ1n) is 9.36. The third-order valence-corrected chi connectivity index (χ3v) is 5.01. The molecule has 0 saturated carbocycles. The van der Waals surface area contributed by atoms with Gasteiger partial charge in [0.15, 0.2) is 18.1 Å². The number of halogens is 1. The van der Waals surface area contributed by atoms with E-state index in [9.17, 15) is 9.59 Å². The second-order valence-corrected chi connectivity index (χ2v) is 6.85. The van der Waals surface area contributed by atoms with Crippen molar-refractivity contribution in [2.24, 2.45) is 0 Å². The van der Waals surface area contributed by atoms with Crippen LogP contribution in [0.4, 0.5) is 5.69 Å². The van der Waals surface area contributed by atoms with E-state index in [1.54, 1.807) is 28.8 Å². The summed E-state index contributed by atoms with van der Waals surface area (Å²) in [6.07, 6.45) is 4.45. The maximum atomic E-state index is 13.3. The molecule has 0 fully saturated rings. The number of carbonyl (C=O) groups excluding carboxylic acids is 2. The largest absolute Gasteiger partial charge is 1.00 e. The van der Waals surface area contributed by atoms with Crippen molar-refractivity contribution in [1.29, 1.82) is 0 Å². The van der Waals surface area contributed by atoms with Gasteiger partial charge in [0.05, 0.1) is 0 Å². The van der Waals surface area contributed by atoms with Crippen molar-refractivity contribution in [1.82, 2.24) is 0 Å². The van der Waals surface area contributed by atoms with Crippen molar-refractivity contribution in [2.45, 2.75) is 20.3 Å². The number of nitrogens with zero attached hydrogens (tertiary/aromatic N) is 1. The Morgan fingerprint density at radius 3 is 2.07 bits per heavy atom. The highest BCUT2D eigenvalue weighted by atomic mass is 127. The van der Waals surface area contributed by atoms with E-state index in [4.69, 9.17) is 0 Å². The lowest BCUT2D eigenvalue weighted by molar-refractivity contribution is -0.577. The van der Waals surface area contributed by atoms with Crippen LogP contribution in [0.25, 0.3) is 5.70 Å². The highest BCUT2D eigenvalue weighted by Crippen LogP contribution is 2.28. The summed E-state index contributed by atoms with van der Waals surface area (Å²) in [7, 11) is 0. The number of nitrogens with one attached hydrogen (secondary N) is 1. The summed E-state index contributed by atoms with van der Waals surface area (Å²) in [6, 6.07) is 18.7. The number of ketones is 2. The molecule has 5 heteroatoms. The van der Waals surface area contributed by atoms with Crippen LogP contribution < -0.4 is 33.9 Å². The van der Waals surface area contributed by atoms with Crippen molar-refractivity contribution in [2.75, 3.05) is 5.32 Å². The molecule has 1 heterocycles. The van der Waals surface area contributed by atoms with Crippen LogP contribution in [0, 0.1) is 6.92 Å². The van der Waals surface area contributed by atoms with Gasteiger partial charge in [0.2, 0.25) is 5.78 Å². The molecule has 0 saturated heterocycles. The van der Waals surface area contributed by atoms with E-state index in [1.807, 2.05) is 55.7 Å². The van der Waals surface area contributed by atoms with Gasteiger partial charge in [-0.1, -0.05) is 49.4 Å². The van der Waals surface area contributed by atoms with Gasteiger partial charge in [0.1, 0.15) is 0 Å². The molecule has 146 valence electrons. The maximum Gasteiger partial charge on any atom is 0.286 e. The standard InChI is InChI=1S/C24H20N2O2.HI/c1-3-17-8-4-7-11-20(17)25-21-22(26-14-12-16(2)13-15-26)24(28)19-10-6-5-9-18(19)23(21)27;/h4-15H,3H2,1-2H3;1H. The highest BCUT2D eigenvalue weighted by Gasteiger charge is 2.38. The van der Waals surface area contributed by atoms with Gasteiger partial charge < -0.3 is 29.3 Å². The molecule has 4 nitrogen and oxygen atoms in total. The van der Waals surface area contributed by atoms with E-state index in [2.05, 4.69) is 12.2 Å². The predicted molar refractivity (Wildman–Crippen MR) is 109 cm³/mol. The monoisotopic (exact) mass is 496 g/mol. The van der Waals surface area contributed by atoms with E-state index >= 15 is 0 Å². The zero-order chi connectivity index (χ0) is 19.7. The van der Waals surface area contributed by atoms with Crippen LogP contribution in [0.15, 0.2) is 78.8 Å². The van der Waals surface area contributed by atoms with Crippen molar-refractivity contribution in [3.8, 4) is 0 Å². The van der Waals surface area contributed by atoms with Crippen LogP contribution in [0.3, 0.4) is 0 Å². The third kappa shape index (κ3) is 3.87. The summed E-state index contributed by atoms with van der Waals surface area (Å²) < 4.78 is 1.72. The Morgan fingerprint density at radius 2 is 1.41 bits per heavy atom. The van der Waals surface area contributed by atoms with Crippen LogP contribution in [0.1, 0.15) is 38.8 Å². The lowest BCUT2D eigenvalue weighted by Gasteiger charge is -2.19. The number of para-hydroxylation sites is 1. The van der Waals surface area contributed by atoms with E-state index in [0.717, 1.165) is 23.2 Å². The first-order chi connectivity index (χ1) is 13.6. The molecule has 1 N–H and O–H groups in total. The smallest absolute Gasteiger partial charge is 0.286 e. The highest BCUT2D eigenvalue weighted by molar-refractivity contribution is 6.36. The molecule has 1 aliphatic rings. The minimum atomic E-state index is -0.177. The Balaban J connectivity index is 0.00000240. The number of hydrogen-bond donors (Lipinski definition) is 1. The van der Waals surface area contributed by atoms with Gasteiger partial charge in [0, 0.05) is 28.9 Å². The van der Waals surface area contributed by atoms with Gasteiger partial charge >= 0.3 is 0 Å². The molecule has 2 aromatic carbocycles. The summed E-state index contributed by atoms with van der Waals surface area (Å²) in [5, 5.41) is 3.27. The number of fused-ring (bicyclic) bond motifs is 1. The molecule has 0 radical (unpaired) electrons. The summed E-state index contributed by atoms with van der Waals surface area (Å²) in [6.45, 7) is 4.05. The van der Waals surface area contributed by atoms with E-state index in [-0.39, 0.29) is 35.5 Å². The number of allylic oxidation sites excluding steroid dienone is 2. The Morgan fingerprint density at radius 1 is 0.828 bits per heavy atom. The fourth-order valence-corrected chi connectivity index (χ4v) is 3.46. The first-order valence-corrected chi connectivity index (χ1v) is 9.36. The fraction of sp³-hybridized carbons (Fsp3) is 0.125. The van der Waals surface area contributed by atoms with Crippen LogP contribution in [-0.2, 0) is 6.42 Å².